The standard InChI is InChI=1S/C16H16F4NO3P/c1-23-25(22,24-2)15(11-4-3-5-13(17)10-11)21-14-8-6-12(7-9-14)16(18,19)20/h3-10,15,21H,1-2H3. The molecule has 0 bridgehead atoms. The fraction of sp³-hybridized carbons (Fsp3) is 0.250. The molecule has 0 radical (unpaired) electrons. The van der Waals surface area contributed by atoms with Crippen molar-refractivity contribution in [1.29, 1.82) is 0 Å². The molecule has 0 saturated heterocycles. The maximum atomic E-state index is 13.5. The minimum atomic E-state index is -4.46. The van der Waals surface area contributed by atoms with E-state index in [4.69, 9.17) is 9.05 Å². The molecule has 0 amide bonds. The molecule has 136 valence electrons. The highest BCUT2D eigenvalue weighted by molar-refractivity contribution is 7.54. The van der Waals surface area contributed by atoms with Gasteiger partial charge in [-0.15, -0.1) is 0 Å². The van der Waals surface area contributed by atoms with Gasteiger partial charge in [0.25, 0.3) is 0 Å². The van der Waals surface area contributed by atoms with Crippen LogP contribution < -0.4 is 5.32 Å². The van der Waals surface area contributed by atoms with Crippen LogP contribution in [0.5, 0.6) is 0 Å². The predicted octanol–water partition coefficient (Wildman–Crippen LogP) is 5.44. The van der Waals surface area contributed by atoms with Gasteiger partial charge in [-0.3, -0.25) is 4.57 Å². The highest BCUT2D eigenvalue weighted by atomic mass is 31.2. The van der Waals surface area contributed by atoms with Crippen molar-refractivity contribution in [2.45, 2.75) is 12.0 Å². The molecule has 1 N–H and O–H groups in total. The molecule has 1 unspecified atom stereocenters. The summed E-state index contributed by atoms with van der Waals surface area (Å²) < 4.78 is 74.2. The molecule has 2 aromatic rings. The van der Waals surface area contributed by atoms with Crippen LogP contribution in [0.2, 0.25) is 0 Å². The van der Waals surface area contributed by atoms with Gasteiger partial charge in [0, 0.05) is 19.9 Å². The van der Waals surface area contributed by atoms with Gasteiger partial charge in [-0.2, -0.15) is 13.2 Å². The van der Waals surface area contributed by atoms with E-state index in [-0.39, 0.29) is 11.3 Å². The number of hydrogen-bond donors (Lipinski definition) is 1. The summed E-state index contributed by atoms with van der Waals surface area (Å²) in [7, 11) is -1.40. The van der Waals surface area contributed by atoms with E-state index in [1.807, 2.05) is 0 Å². The molecule has 2 aromatic carbocycles. The average molecular weight is 377 g/mol. The number of rotatable bonds is 6. The van der Waals surface area contributed by atoms with Crippen LogP contribution in [0.4, 0.5) is 23.2 Å². The van der Waals surface area contributed by atoms with Gasteiger partial charge in [0.2, 0.25) is 0 Å². The SMILES string of the molecule is COP(=O)(OC)C(Nc1ccc(C(F)(F)F)cc1)c1cccc(F)c1. The third-order valence-corrected chi connectivity index (χ3v) is 5.58. The summed E-state index contributed by atoms with van der Waals surface area (Å²) in [5, 5.41) is 2.80. The second-order valence-corrected chi connectivity index (χ2v) is 7.41. The number of benzene rings is 2. The van der Waals surface area contributed by atoms with Crippen LogP contribution in [0.15, 0.2) is 48.5 Å². The molecule has 9 heteroatoms. The van der Waals surface area contributed by atoms with Crippen molar-refractivity contribution in [2.24, 2.45) is 0 Å². The Morgan fingerprint density at radius 1 is 1.04 bits per heavy atom. The Hall–Kier alpha value is -1.89. The van der Waals surface area contributed by atoms with Crippen LogP contribution >= 0.6 is 7.60 Å². The molecule has 0 spiro atoms. The highest BCUT2D eigenvalue weighted by Gasteiger charge is 2.36. The zero-order chi connectivity index (χ0) is 18.7. The van der Waals surface area contributed by atoms with Crippen LogP contribution in [-0.4, -0.2) is 14.2 Å². The molecule has 0 fully saturated rings. The van der Waals surface area contributed by atoms with E-state index in [1.54, 1.807) is 0 Å². The van der Waals surface area contributed by atoms with Crippen molar-refractivity contribution in [3.8, 4) is 0 Å². The van der Waals surface area contributed by atoms with Gasteiger partial charge < -0.3 is 14.4 Å². The van der Waals surface area contributed by atoms with Crippen molar-refractivity contribution in [1.82, 2.24) is 0 Å². The summed E-state index contributed by atoms with van der Waals surface area (Å²) >= 11 is 0. The number of nitrogens with one attached hydrogen (secondary N) is 1. The maximum absolute atomic E-state index is 13.5. The fourth-order valence-corrected chi connectivity index (χ4v) is 3.62. The topological polar surface area (TPSA) is 47.6 Å². The van der Waals surface area contributed by atoms with Gasteiger partial charge in [-0.1, -0.05) is 12.1 Å². The minimum absolute atomic E-state index is 0.247. The van der Waals surface area contributed by atoms with E-state index < -0.39 is 30.9 Å². The Kier molecular flexibility index (Phi) is 5.87. The Balaban J connectivity index is 2.38. The lowest BCUT2D eigenvalue weighted by Crippen LogP contribution is -2.14. The molecule has 25 heavy (non-hydrogen) atoms. The normalized spacial score (nSPS) is 13.5. The van der Waals surface area contributed by atoms with E-state index in [2.05, 4.69) is 5.32 Å². The van der Waals surface area contributed by atoms with Crippen molar-refractivity contribution in [3.63, 3.8) is 0 Å². The molecule has 0 aliphatic heterocycles. The zero-order valence-electron chi connectivity index (χ0n) is 13.4. The van der Waals surface area contributed by atoms with Crippen molar-refractivity contribution >= 4 is 13.3 Å². The molecular formula is C16H16F4NO3P. The van der Waals surface area contributed by atoms with Crippen LogP contribution in [-0.2, 0) is 19.8 Å². The summed E-state index contributed by atoms with van der Waals surface area (Å²) in [6.07, 6.45) is -4.46. The first-order valence-corrected chi connectivity index (χ1v) is 8.71. The van der Waals surface area contributed by atoms with E-state index in [0.29, 0.717) is 0 Å². The van der Waals surface area contributed by atoms with E-state index in [0.717, 1.165) is 18.2 Å². The third kappa shape index (κ3) is 4.60. The molecule has 0 aliphatic rings. The van der Waals surface area contributed by atoms with Gasteiger partial charge in [0.1, 0.15) is 5.82 Å². The predicted molar refractivity (Wildman–Crippen MR) is 85.8 cm³/mol. The summed E-state index contributed by atoms with van der Waals surface area (Å²) in [6.45, 7) is 0. The first-order chi connectivity index (χ1) is 11.7. The molecule has 0 saturated carbocycles. The average Bonchev–Trinajstić information content (AvgIpc) is 2.58. The second-order valence-electron chi connectivity index (χ2n) is 5.08. The van der Waals surface area contributed by atoms with Crippen molar-refractivity contribution in [2.75, 3.05) is 19.5 Å². The van der Waals surface area contributed by atoms with Crippen molar-refractivity contribution in [3.05, 3.63) is 65.5 Å². The Labute approximate surface area is 142 Å². The first kappa shape index (κ1) is 19.4. The lowest BCUT2D eigenvalue weighted by Gasteiger charge is -2.26. The lowest BCUT2D eigenvalue weighted by atomic mass is 10.2. The van der Waals surface area contributed by atoms with E-state index in [9.17, 15) is 22.1 Å². The fourth-order valence-electron chi connectivity index (χ4n) is 2.22. The molecule has 1 atom stereocenters. The second kappa shape index (κ2) is 7.56. The Morgan fingerprint density at radius 2 is 1.64 bits per heavy atom. The molecule has 4 nitrogen and oxygen atoms in total. The molecule has 2 rings (SSSR count). The van der Waals surface area contributed by atoms with Crippen LogP contribution in [0.1, 0.15) is 16.9 Å². The van der Waals surface area contributed by atoms with E-state index >= 15 is 0 Å². The summed E-state index contributed by atoms with van der Waals surface area (Å²) in [4.78, 5) is 0. The number of halogens is 4. The van der Waals surface area contributed by atoms with Gasteiger partial charge in [-0.25, -0.2) is 4.39 Å². The quantitative estimate of drug-likeness (QED) is 0.538. The summed E-state index contributed by atoms with van der Waals surface area (Å²) in [6, 6.07) is 9.42. The van der Waals surface area contributed by atoms with Gasteiger partial charge in [0.05, 0.1) is 5.56 Å². The minimum Gasteiger partial charge on any atom is -0.368 e. The third-order valence-electron chi connectivity index (χ3n) is 3.51. The summed E-state index contributed by atoms with van der Waals surface area (Å²) in [5.74, 6) is -1.66. The number of hydrogen-bond acceptors (Lipinski definition) is 4. The maximum Gasteiger partial charge on any atom is 0.416 e. The number of anilines is 1. The molecule has 0 heterocycles. The first-order valence-electron chi connectivity index (χ1n) is 7.10. The summed E-state index contributed by atoms with van der Waals surface area (Å²) in [5.41, 5.74) is -0.300. The monoisotopic (exact) mass is 377 g/mol. The van der Waals surface area contributed by atoms with Crippen LogP contribution in [0, 0.1) is 5.82 Å². The molecule has 0 aliphatic carbocycles. The number of alkyl halides is 3. The van der Waals surface area contributed by atoms with E-state index in [1.165, 1.54) is 44.6 Å². The van der Waals surface area contributed by atoms with Crippen LogP contribution in [0.3, 0.4) is 0 Å². The molecular weight excluding hydrogens is 361 g/mol. The Bertz CT molecular complexity index is 757. The Morgan fingerprint density at radius 3 is 2.12 bits per heavy atom. The smallest absolute Gasteiger partial charge is 0.368 e. The largest absolute Gasteiger partial charge is 0.416 e. The van der Waals surface area contributed by atoms with Gasteiger partial charge >= 0.3 is 13.8 Å². The molecule has 0 aromatic heterocycles. The zero-order valence-corrected chi connectivity index (χ0v) is 14.3. The van der Waals surface area contributed by atoms with Crippen molar-refractivity contribution < 1.29 is 31.2 Å². The van der Waals surface area contributed by atoms with Gasteiger partial charge in [0.15, 0.2) is 5.78 Å². The highest BCUT2D eigenvalue weighted by Crippen LogP contribution is 2.59. The van der Waals surface area contributed by atoms with Gasteiger partial charge in [-0.05, 0) is 42.0 Å². The van der Waals surface area contributed by atoms with Crippen LogP contribution in [0.25, 0.3) is 0 Å². The lowest BCUT2D eigenvalue weighted by molar-refractivity contribution is -0.137.